The highest BCUT2D eigenvalue weighted by Gasteiger charge is 2.32. The standard InChI is InChI=1S/C13H18O4S/c1-8-6-10(11(18-8)12(14)15)16-7-9-4-5-13(2,3)17-9/h6,9H,4-5,7H2,1-3H3,(H,14,15). The van der Waals surface area contributed by atoms with Crippen LogP contribution in [0.3, 0.4) is 0 Å². The van der Waals surface area contributed by atoms with E-state index in [1.807, 2.05) is 6.92 Å². The molecule has 0 radical (unpaired) electrons. The van der Waals surface area contributed by atoms with Crippen molar-refractivity contribution in [3.63, 3.8) is 0 Å². The lowest BCUT2D eigenvalue weighted by atomic mass is 10.1. The average molecular weight is 270 g/mol. The Balaban J connectivity index is 1.97. The largest absolute Gasteiger partial charge is 0.489 e. The zero-order valence-electron chi connectivity index (χ0n) is 10.9. The molecule has 4 nitrogen and oxygen atoms in total. The quantitative estimate of drug-likeness (QED) is 0.913. The van der Waals surface area contributed by atoms with Gasteiger partial charge >= 0.3 is 5.97 Å². The van der Waals surface area contributed by atoms with E-state index in [1.165, 1.54) is 11.3 Å². The molecule has 1 fully saturated rings. The molecule has 1 aliphatic rings. The van der Waals surface area contributed by atoms with Crippen LogP contribution in [-0.2, 0) is 4.74 Å². The van der Waals surface area contributed by atoms with E-state index in [0.717, 1.165) is 17.7 Å². The second kappa shape index (κ2) is 4.90. The maximum absolute atomic E-state index is 11.0. The monoisotopic (exact) mass is 270 g/mol. The highest BCUT2D eigenvalue weighted by molar-refractivity contribution is 7.14. The van der Waals surface area contributed by atoms with Crippen molar-refractivity contribution in [1.29, 1.82) is 0 Å². The number of hydrogen-bond acceptors (Lipinski definition) is 4. The minimum Gasteiger partial charge on any atom is -0.489 e. The molecule has 1 atom stereocenters. The Kier molecular flexibility index (Phi) is 3.64. The first-order valence-corrected chi connectivity index (χ1v) is 6.83. The highest BCUT2D eigenvalue weighted by atomic mass is 32.1. The molecule has 1 aromatic heterocycles. The number of hydrogen-bond donors (Lipinski definition) is 1. The van der Waals surface area contributed by atoms with Gasteiger partial charge in [-0.15, -0.1) is 11.3 Å². The van der Waals surface area contributed by atoms with Crippen molar-refractivity contribution in [3.8, 4) is 5.75 Å². The summed E-state index contributed by atoms with van der Waals surface area (Å²) in [6.07, 6.45) is 2.02. The van der Waals surface area contributed by atoms with Crippen molar-refractivity contribution in [1.82, 2.24) is 0 Å². The minimum absolute atomic E-state index is 0.0573. The summed E-state index contributed by atoms with van der Waals surface area (Å²) < 4.78 is 11.4. The summed E-state index contributed by atoms with van der Waals surface area (Å²) in [6, 6.07) is 1.77. The molecule has 0 aromatic carbocycles. The second-order valence-electron chi connectivity index (χ2n) is 5.20. The minimum atomic E-state index is -0.934. The number of thiophene rings is 1. The van der Waals surface area contributed by atoms with Crippen LogP contribution in [-0.4, -0.2) is 29.4 Å². The van der Waals surface area contributed by atoms with Crippen molar-refractivity contribution >= 4 is 17.3 Å². The van der Waals surface area contributed by atoms with E-state index in [0.29, 0.717) is 12.4 Å². The molecule has 1 unspecified atom stereocenters. The smallest absolute Gasteiger partial charge is 0.349 e. The summed E-state index contributed by atoms with van der Waals surface area (Å²) >= 11 is 1.24. The van der Waals surface area contributed by atoms with Gasteiger partial charge in [-0.05, 0) is 39.7 Å². The highest BCUT2D eigenvalue weighted by Crippen LogP contribution is 2.32. The van der Waals surface area contributed by atoms with Crippen molar-refractivity contribution in [2.24, 2.45) is 0 Å². The molecular formula is C13H18O4S. The fraction of sp³-hybridized carbons (Fsp3) is 0.615. The Hall–Kier alpha value is -1.07. The summed E-state index contributed by atoms with van der Waals surface area (Å²) in [4.78, 5) is 12.2. The summed E-state index contributed by atoms with van der Waals surface area (Å²) in [5.74, 6) is -0.478. The molecule has 2 heterocycles. The molecule has 1 saturated heterocycles. The lowest BCUT2D eigenvalue weighted by Crippen LogP contribution is -2.24. The lowest BCUT2D eigenvalue weighted by molar-refractivity contribution is -0.0327. The van der Waals surface area contributed by atoms with Crippen LogP contribution in [0.1, 0.15) is 41.2 Å². The van der Waals surface area contributed by atoms with E-state index in [4.69, 9.17) is 14.6 Å². The van der Waals surface area contributed by atoms with Crippen LogP contribution in [0.5, 0.6) is 5.75 Å². The van der Waals surface area contributed by atoms with Gasteiger partial charge in [0.1, 0.15) is 12.4 Å². The van der Waals surface area contributed by atoms with Crippen LogP contribution in [0.15, 0.2) is 6.07 Å². The van der Waals surface area contributed by atoms with Gasteiger partial charge in [0.15, 0.2) is 4.88 Å². The Morgan fingerprint density at radius 1 is 1.67 bits per heavy atom. The maximum atomic E-state index is 11.0. The van der Waals surface area contributed by atoms with Gasteiger partial charge in [0, 0.05) is 4.88 Å². The number of carboxylic acids is 1. The molecule has 1 aliphatic heterocycles. The van der Waals surface area contributed by atoms with Crippen LogP contribution in [0.25, 0.3) is 0 Å². The summed E-state index contributed by atoms with van der Waals surface area (Å²) in [5.41, 5.74) is -0.0891. The van der Waals surface area contributed by atoms with E-state index in [1.54, 1.807) is 6.07 Å². The maximum Gasteiger partial charge on any atom is 0.349 e. The number of carbonyl (C=O) groups is 1. The SMILES string of the molecule is Cc1cc(OCC2CCC(C)(C)O2)c(C(=O)O)s1. The fourth-order valence-corrected chi connectivity index (χ4v) is 2.92. The third-order valence-corrected chi connectivity index (χ3v) is 4.01. The van der Waals surface area contributed by atoms with Crippen molar-refractivity contribution < 1.29 is 19.4 Å². The molecule has 5 heteroatoms. The number of rotatable bonds is 4. The zero-order valence-corrected chi connectivity index (χ0v) is 11.7. The predicted octanol–water partition coefficient (Wildman–Crippen LogP) is 3.09. The van der Waals surface area contributed by atoms with E-state index < -0.39 is 5.97 Å². The first kappa shape index (κ1) is 13.4. The molecule has 100 valence electrons. The van der Waals surface area contributed by atoms with Gasteiger partial charge in [0.25, 0.3) is 0 Å². The zero-order chi connectivity index (χ0) is 13.3. The normalized spacial score (nSPS) is 22.1. The van der Waals surface area contributed by atoms with Gasteiger partial charge in [-0.3, -0.25) is 0 Å². The second-order valence-corrected chi connectivity index (χ2v) is 6.46. The van der Waals surface area contributed by atoms with Crippen molar-refractivity contribution in [2.75, 3.05) is 6.61 Å². The summed E-state index contributed by atoms with van der Waals surface area (Å²) in [6.45, 7) is 6.41. The van der Waals surface area contributed by atoms with Gasteiger partial charge in [0.2, 0.25) is 0 Å². The first-order valence-electron chi connectivity index (χ1n) is 6.02. The molecule has 0 spiro atoms. The van der Waals surface area contributed by atoms with Gasteiger partial charge in [0.05, 0.1) is 11.7 Å². The Labute approximate surface area is 111 Å². The van der Waals surface area contributed by atoms with E-state index in [2.05, 4.69) is 13.8 Å². The van der Waals surface area contributed by atoms with Crippen molar-refractivity contribution in [3.05, 3.63) is 15.8 Å². The van der Waals surface area contributed by atoms with Crippen LogP contribution >= 0.6 is 11.3 Å². The molecule has 0 bridgehead atoms. The molecule has 1 N–H and O–H groups in total. The predicted molar refractivity (Wildman–Crippen MR) is 69.7 cm³/mol. The molecule has 0 saturated carbocycles. The molecule has 0 aliphatic carbocycles. The molecule has 18 heavy (non-hydrogen) atoms. The van der Waals surface area contributed by atoms with Crippen LogP contribution in [0, 0.1) is 6.92 Å². The Morgan fingerprint density at radius 2 is 2.39 bits per heavy atom. The summed E-state index contributed by atoms with van der Waals surface area (Å²) in [5, 5.41) is 9.05. The van der Waals surface area contributed by atoms with Gasteiger partial charge in [-0.1, -0.05) is 0 Å². The fourth-order valence-electron chi connectivity index (χ4n) is 2.12. The van der Waals surface area contributed by atoms with Gasteiger partial charge in [-0.25, -0.2) is 4.79 Å². The molecule has 2 rings (SSSR count). The third kappa shape index (κ3) is 3.03. The average Bonchev–Trinajstić information content (AvgIpc) is 2.78. The third-order valence-electron chi connectivity index (χ3n) is 2.99. The Morgan fingerprint density at radius 3 is 2.94 bits per heavy atom. The van der Waals surface area contributed by atoms with E-state index >= 15 is 0 Å². The number of aromatic carboxylic acids is 1. The number of aryl methyl sites for hydroxylation is 1. The summed E-state index contributed by atoms with van der Waals surface area (Å²) in [7, 11) is 0. The van der Waals surface area contributed by atoms with Crippen molar-refractivity contribution in [2.45, 2.75) is 45.3 Å². The van der Waals surface area contributed by atoms with Gasteiger partial charge in [-0.2, -0.15) is 0 Å². The molecular weight excluding hydrogens is 252 g/mol. The molecule has 1 aromatic rings. The van der Waals surface area contributed by atoms with Crippen LogP contribution in [0.2, 0.25) is 0 Å². The van der Waals surface area contributed by atoms with E-state index in [9.17, 15) is 4.79 Å². The first-order chi connectivity index (χ1) is 8.37. The number of ether oxygens (including phenoxy) is 2. The topological polar surface area (TPSA) is 55.8 Å². The van der Waals surface area contributed by atoms with Crippen LogP contribution in [0.4, 0.5) is 0 Å². The van der Waals surface area contributed by atoms with Crippen LogP contribution < -0.4 is 4.74 Å². The number of carboxylic acid groups (broad SMARTS) is 1. The van der Waals surface area contributed by atoms with Gasteiger partial charge < -0.3 is 14.6 Å². The molecule has 0 amide bonds. The Bertz CT molecular complexity index is 450. The lowest BCUT2D eigenvalue weighted by Gasteiger charge is -2.19. The van der Waals surface area contributed by atoms with E-state index in [-0.39, 0.29) is 16.6 Å².